The van der Waals surface area contributed by atoms with Crippen molar-refractivity contribution in [2.24, 2.45) is 0 Å². The zero-order valence-corrected chi connectivity index (χ0v) is 15.0. The van der Waals surface area contributed by atoms with E-state index < -0.39 is 10.0 Å². The predicted molar refractivity (Wildman–Crippen MR) is 96.5 cm³/mol. The Morgan fingerprint density at radius 2 is 1.75 bits per heavy atom. The molecule has 0 radical (unpaired) electrons. The lowest BCUT2D eigenvalue weighted by atomic mass is 10.1. The fourth-order valence-electron chi connectivity index (χ4n) is 3.23. The monoisotopic (exact) mass is 344 g/mol. The summed E-state index contributed by atoms with van der Waals surface area (Å²) in [5, 5.41) is 0. The molecule has 24 heavy (non-hydrogen) atoms. The molecule has 0 saturated heterocycles. The minimum atomic E-state index is -3.55. The van der Waals surface area contributed by atoms with E-state index in [9.17, 15) is 8.42 Å². The molecular formula is C19H24N2O2S. The molecule has 128 valence electrons. The van der Waals surface area contributed by atoms with Gasteiger partial charge in [0.1, 0.15) is 0 Å². The lowest BCUT2D eigenvalue weighted by Gasteiger charge is -2.23. The Balaban J connectivity index is 1.88. The molecule has 0 amide bonds. The van der Waals surface area contributed by atoms with Crippen LogP contribution in [-0.2, 0) is 22.9 Å². The molecule has 0 saturated carbocycles. The zero-order valence-electron chi connectivity index (χ0n) is 14.2. The van der Waals surface area contributed by atoms with Crippen LogP contribution in [0.25, 0.3) is 0 Å². The summed E-state index contributed by atoms with van der Waals surface area (Å²) < 4.78 is 28.6. The van der Waals surface area contributed by atoms with E-state index >= 15 is 0 Å². The number of hydrogen-bond acceptors (Lipinski definition) is 3. The van der Waals surface area contributed by atoms with Crippen molar-refractivity contribution in [3.05, 3.63) is 65.2 Å². The van der Waals surface area contributed by atoms with Gasteiger partial charge in [-0.2, -0.15) is 0 Å². The fourth-order valence-corrected chi connectivity index (χ4v) is 4.50. The van der Waals surface area contributed by atoms with Gasteiger partial charge >= 0.3 is 0 Å². The highest BCUT2D eigenvalue weighted by Gasteiger charge is 2.23. The lowest BCUT2D eigenvalue weighted by Crippen LogP contribution is -2.35. The molecule has 2 aromatic rings. The van der Waals surface area contributed by atoms with Crippen molar-refractivity contribution in [3.63, 3.8) is 0 Å². The number of nitrogens with one attached hydrogen (secondary N) is 1. The molecule has 1 aliphatic rings. The molecule has 2 aromatic carbocycles. The van der Waals surface area contributed by atoms with E-state index in [0.29, 0.717) is 11.4 Å². The highest BCUT2D eigenvalue weighted by Crippen LogP contribution is 2.25. The first-order valence-electron chi connectivity index (χ1n) is 8.29. The third kappa shape index (κ3) is 3.86. The molecule has 0 aromatic heterocycles. The number of benzene rings is 2. The van der Waals surface area contributed by atoms with Crippen molar-refractivity contribution in [3.8, 4) is 0 Å². The van der Waals surface area contributed by atoms with Crippen LogP contribution in [0.4, 0.5) is 0 Å². The number of aryl methyl sites for hydroxylation is 2. The highest BCUT2D eigenvalue weighted by atomic mass is 32.2. The molecule has 0 unspecified atom stereocenters. The predicted octanol–water partition coefficient (Wildman–Crippen LogP) is 2.76. The van der Waals surface area contributed by atoms with E-state index in [1.807, 2.05) is 61.5 Å². The summed E-state index contributed by atoms with van der Waals surface area (Å²) in [7, 11) is 0.337. The molecular weight excluding hydrogens is 320 g/mol. The zero-order chi connectivity index (χ0) is 17.2. The maximum absolute atomic E-state index is 12.9. The number of rotatable bonds is 6. The van der Waals surface area contributed by atoms with Crippen LogP contribution in [0.15, 0.2) is 53.4 Å². The number of fused-ring (bicyclic) bond motifs is 1. The Hall–Kier alpha value is -1.69. The first kappa shape index (κ1) is 17.1. The number of sulfonamides is 1. The standard InChI is InChI=1S/C19H24N2O2S/c1-21(2)14-19(16-7-4-3-5-8-16)20-24(22,23)18-12-11-15-9-6-10-17(15)13-18/h3-5,7-8,11-13,19-20H,6,9-10,14H2,1-2H3/t19-/m0/s1. The minimum absolute atomic E-state index is 0.278. The number of hydrogen-bond donors (Lipinski definition) is 1. The summed E-state index contributed by atoms with van der Waals surface area (Å²) in [5.74, 6) is 0. The summed E-state index contributed by atoms with van der Waals surface area (Å²) in [6.07, 6.45) is 3.13. The van der Waals surface area contributed by atoms with Gasteiger partial charge in [-0.1, -0.05) is 36.4 Å². The summed E-state index contributed by atoms with van der Waals surface area (Å²) in [4.78, 5) is 2.35. The SMILES string of the molecule is CN(C)C[C@H](NS(=O)(=O)c1ccc2c(c1)CCC2)c1ccccc1. The average molecular weight is 344 g/mol. The third-order valence-corrected chi connectivity index (χ3v) is 5.90. The van der Waals surface area contributed by atoms with Crippen LogP contribution in [0, 0.1) is 0 Å². The van der Waals surface area contributed by atoms with Gasteiger partial charge in [0.05, 0.1) is 10.9 Å². The van der Waals surface area contributed by atoms with Gasteiger partial charge in [-0.05, 0) is 62.2 Å². The molecule has 0 fully saturated rings. The molecule has 3 rings (SSSR count). The van der Waals surface area contributed by atoms with E-state index in [2.05, 4.69) is 4.72 Å². The van der Waals surface area contributed by atoms with Crippen LogP contribution in [-0.4, -0.2) is 34.0 Å². The molecule has 1 N–H and O–H groups in total. The Labute approximate surface area is 144 Å². The maximum Gasteiger partial charge on any atom is 0.241 e. The summed E-state index contributed by atoms with van der Waals surface area (Å²) >= 11 is 0. The van der Waals surface area contributed by atoms with Gasteiger partial charge in [0.25, 0.3) is 0 Å². The molecule has 0 spiro atoms. The van der Waals surface area contributed by atoms with E-state index in [1.54, 1.807) is 6.07 Å². The second-order valence-electron chi connectivity index (χ2n) is 6.63. The van der Waals surface area contributed by atoms with Gasteiger partial charge < -0.3 is 4.90 Å². The Morgan fingerprint density at radius 1 is 1.04 bits per heavy atom. The van der Waals surface area contributed by atoms with Gasteiger partial charge in [-0.15, -0.1) is 0 Å². The summed E-state index contributed by atoms with van der Waals surface area (Å²) in [6, 6.07) is 15.0. The Kier molecular flexibility index (Phi) is 5.04. The van der Waals surface area contributed by atoms with Gasteiger partial charge in [0.15, 0.2) is 0 Å². The number of likely N-dealkylation sites (N-methyl/N-ethyl adjacent to an activating group) is 1. The largest absolute Gasteiger partial charge is 0.307 e. The second-order valence-corrected chi connectivity index (χ2v) is 8.34. The van der Waals surface area contributed by atoms with Crippen molar-refractivity contribution in [2.75, 3.05) is 20.6 Å². The normalized spacial score (nSPS) is 15.5. The summed E-state index contributed by atoms with van der Waals surface area (Å²) in [6.45, 7) is 0.605. The lowest BCUT2D eigenvalue weighted by molar-refractivity contribution is 0.363. The first-order valence-corrected chi connectivity index (χ1v) is 9.78. The molecule has 1 atom stereocenters. The van der Waals surface area contributed by atoms with Crippen LogP contribution in [0.1, 0.15) is 29.2 Å². The van der Waals surface area contributed by atoms with E-state index in [-0.39, 0.29) is 6.04 Å². The van der Waals surface area contributed by atoms with Crippen molar-refractivity contribution in [1.29, 1.82) is 0 Å². The van der Waals surface area contributed by atoms with Crippen molar-refractivity contribution in [1.82, 2.24) is 9.62 Å². The van der Waals surface area contributed by atoms with E-state index in [1.165, 1.54) is 11.1 Å². The topological polar surface area (TPSA) is 49.4 Å². The summed E-state index contributed by atoms with van der Waals surface area (Å²) in [5.41, 5.74) is 3.42. The van der Waals surface area contributed by atoms with Crippen molar-refractivity contribution in [2.45, 2.75) is 30.2 Å². The van der Waals surface area contributed by atoms with Gasteiger partial charge in [0.2, 0.25) is 10.0 Å². The quantitative estimate of drug-likeness (QED) is 0.877. The highest BCUT2D eigenvalue weighted by molar-refractivity contribution is 7.89. The molecule has 0 bridgehead atoms. The third-order valence-electron chi connectivity index (χ3n) is 4.43. The first-order chi connectivity index (χ1) is 11.5. The Bertz CT molecular complexity index is 801. The molecule has 1 aliphatic carbocycles. The molecule has 0 heterocycles. The molecule has 5 heteroatoms. The van der Waals surface area contributed by atoms with Crippen molar-refractivity contribution >= 4 is 10.0 Å². The van der Waals surface area contributed by atoms with E-state index in [0.717, 1.165) is 24.8 Å². The van der Waals surface area contributed by atoms with Crippen LogP contribution in [0.3, 0.4) is 0 Å². The maximum atomic E-state index is 12.9. The smallest absolute Gasteiger partial charge is 0.241 e. The van der Waals surface area contributed by atoms with Crippen LogP contribution in [0.2, 0.25) is 0 Å². The molecule has 4 nitrogen and oxygen atoms in total. The van der Waals surface area contributed by atoms with Gasteiger partial charge in [-0.25, -0.2) is 13.1 Å². The van der Waals surface area contributed by atoms with Gasteiger partial charge in [0, 0.05) is 6.54 Å². The Morgan fingerprint density at radius 3 is 2.46 bits per heavy atom. The van der Waals surface area contributed by atoms with Gasteiger partial charge in [-0.3, -0.25) is 0 Å². The van der Waals surface area contributed by atoms with Crippen LogP contribution < -0.4 is 4.72 Å². The second kappa shape index (κ2) is 7.05. The van der Waals surface area contributed by atoms with Crippen LogP contribution in [0.5, 0.6) is 0 Å². The fraction of sp³-hybridized carbons (Fsp3) is 0.368. The minimum Gasteiger partial charge on any atom is -0.307 e. The average Bonchev–Trinajstić information content (AvgIpc) is 3.02. The molecule has 0 aliphatic heterocycles. The number of nitrogens with zero attached hydrogens (tertiary/aromatic N) is 1. The van der Waals surface area contributed by atoms with E-state index in [4.69, 9.17) is 0 Å². The van der Waals surface area contributed by atoms with Crippen molar-refractivity contribution < 1.29 is 8.42 Å². The van der Waals surface area contributed by atoms with Crippen LogP contribution >= 0.6 is 0 Å².